The van der Waals surface area contributed by atoms with Crippen molar-refractivity contribution in [3.8, 4) is 0 Å². The summed E-state index contributed by atoms with van der Waals surface area (Å²) in [6, 6.07) is 4.63. The number of nitrogens with one attached hydrogen (secondary N) is 2. The average Bonchev–Trinajstić information content (AvgIpc) is 3.63. The van der Waals surface area contributed by atoms with Gasteiger partial charge in [0.1, 0.15) is 17.2 Å². The van der Waals surface area contributed by atoms with E-state index in [1.54, 1.807) is 12.1 Å². The van der Waals surface area contributed by atoms with Crippen LogP contribution in [0.4, 0.5) is 10.1 Å². The molecule has 2 aromatic rings. The number of rotatable bonds is 8. The van der Waals surface area contributed by atoms with Gasteiger partial charge in [-0.3, -0.25) is 10.1 Å². The fourth-order valence-corrected chi connectivity index (χ4v) is 4.52. The van der Waals surface area contributed by atoms with E-state index in [0.29, 0.717) is 37.8 Å². The highest BCUT2D eigenvalue weighted by atomic mass is 19.1. The highest BCUT2D eigenvalue weighted by molar-refractivity contribution is 5.96. The van der Waals surface area contributed by atoms with Crippen molar-refractivity contribution in [3.05, 3.63) is 52.9 Å². The van der Waals surface area contributed by atoms with Gasteiger partial charge < -0.3 is 15.0 Å². The van der Waals surface area contributed by atoms with Crippen molar-refractivity contribution in [2.45, 2.75) is 51.6 Å². The number of anilines is 1. The predicted octanol–water partition coefficient (Wildman–Crippen LogP) is 2.67. The fourth-order valence-electron chi connectivity index (χ4n) is 4.52. The van der Waals surface area contributed by atoms with Crippen LogP contribution in [0, 0.1) is 25.6 Å². The standard InChI is InChI=1S/C25H32FN5O3/c1-16-19(14-27-17(2)30-16)15-29-25(9-10-25)24(33)28-13-18-7-11-31(12-8-18)21-6-4-5-20(26)22(21)23(32)34-3/h4-6,14,18,29H,7-13,15H2,1-3H3,(H,28,33). The van der Waals surface area contributed by atoms with Gasteiger partial charge >= 0.3 is 5.97 Å². The maximum absolute atomic E-state index is 14.3. The van der Waals surface area contributed by atoms with Gasteiger partial charge in [-0.05, 0) is 57.6 Å². The van der Waals surface area contributed by atoms with Gasteiger partial charge in [-0.15, -0.1) is 0 Å². The first-order chi connectivity index (χ1) is 16.3. The number of nitrogens with zero attached hydrogens (tertiary/aromatic N) is 3. The van der Waals surface area contributed by atoms with E-state index in [-0.39, 0.29) is 11.5 Å². The Kier molecular flexibility index (Phi) is 7.11. The van der Waals surface area contributed by atoms with E-state index in [1.165, 1.54) is 13.2 Å². The first-order valence-corrected chi connectivity index (χ1v) is 11.8. The molecule has 1 saturated heterocycles. The topological polar surface area (TPSA) is 96.5 Å². The Morgan fingerprint density at radius 2 is 1.97 bits per heavy atom. The van der Waals surface area contributed by atoms with Crippen molar-refractivity contribution in [1.82, 2.24) is 20.6 Å². The number of ether oxygens (including phenoxy) is 1. The number of esters is 1. The van der Waals surface area contributed by atoms with Gasteiger partial charge in [-0.2, -0.15) is 0 Å². The predicted molar refractivity (Wildman–Crippen MR) is 126 cm³/mol. The molecule has 0 unspecified atom stereocenters. The number of carbonyl (C=O) groups is 2. The summed E-state index contributed by atoms with van der Waals surface area (Å²) in [6.07, 6.45) is 5.14. The fraction of sp³-hybridized carbons (Fsp3) is 0.520. The molecule has 0 radical (unpaired) electrons. The number of hydrogen-bond donors (Lipinski definition) is 2. The Bertz CT molecular complexity index is 1060. The molecule has 9 heteroatoms. The maximum atomic E-state index is 14.3. The summed E-state index contributed by atoms with van der Waals surface area (Å²) in [6.45, 7) is 6.36. The second-order valence-corrected chi connectivity index (χ2v) is 9.23. The lowest BCUT2D eigenvalue weighted by Gasteiger charge is -2.34. The van der Waals surface area contributed by atoms with Crippen LogP contribution in [0.3, 0.4) is 0 Å². The largest absolute Gasteiger partial charge is 0.465 e. The molecule has 1 aromatic carbocycles. The lowest BCUT2D eigenvalue weighted by molar-refractivity contribution is -0.124. The van der Waals surface area contributed by atoms with Crippen LogP contribution in [-0.4, -0.2) is 54.1 Å². The van der Waals surface area contributed by atoms with Crippen LogP contribution in [0.25, 0.3) is 0 Å². The third-order valence-corrected chi connectivity index (χ3v) is 6.89. The smallest absolute Gasteiger partial charge is 0.342 e. The molecule has 182 valence electrons. The summed E-state index contributed by atoms with van der Waals surface area (Å²) in [5.41, 5.74) is 1.96. The first-order valence-electron chi connectivity index (χ1n) is 11.8. The number of methoxy groups -OCH3 is 1. The molecule has 1 aliphatic heterocycles. The Hall–Kier alpha value is -3.07. The first kappa shape index (κ1) is 24.1. The molecule has 1 saturated carbocycles. The quantitative estimate of drug-likeness (QED) is 0.574. The zero-order chi connectivity index (χ0) is 24.3. The van der Waals surface area contributed by atoms with Crippen LogP contribution < -0.4 is 15.5 Å². The minimum absolute atomic E-state index is 0.0206. The SMILES string of the molecule is COC(=O)c1c(F)cccc1N1CCC(CNC(=O)C2(NCc3cnc(C)nc3C)CC2)CC1. The molecule has 0 spiro atoms. The molecule has 2 N–H and O–H groups in total. The number of hydrogen-bond acceptors (Lipinski definition) is 7. The Morgan fingerprint density at radius 3 is 2.62 bits per heavy atom. The van der Waals surface area contributed by atoms with Gasteiger partial charge in [0.2, 0.25) is 5.91 Å². The van der Waals surface area contributed by atoms with Crippen molar-refractivity contribution >= 4 is 17.6 Å². The normalized spacial score (nSPS) is 17.4. The number of carbonyl (C=O) groups excluding carboxylic acids is 2. The van der Waals surface area contributed by atoms with E-state index in [9.17, 15) is 14.0 Å². The summed E-state index contributed by atoms with van der Waals surface area (Å²) >= 11 is 0. The van der Waals surface area contributed by atoms with Crippen LogP contribution in [0.2, 0.25) is 0 Å². The van der Waals surface area contributed by atoms with Gasteiger partial charge in [0.05, 0.1) is 18.3 Å². The molecule has 2 heterocycles. The molecule has 1 aliphatic carbocycles. The molecule has 4 rings (SSSR count). The van der Waals surface area contributed by atoms with Crippen LogP contribution in [0.1, 0.15) is 53.1 Å². The number of halogens is 1. The summed E-state index contributed by atoms with van der Waals surface area (Å²) in [5, 5.41) is 6.54. The number of aryl methyl sites for hydroxylation is 2. The van der Waals surface area contributed by atoms with Crippen LogP contribution >= 0.6 is 0 Å². The van der Waals surface area contributed by atoms with Crippen molar-refractivity contribution < 1.29 is 18.7 Å². The second kappa shape index (κ2) is 10.0. The molecule has 1 amide bonds. The summed E-state index contributed by atoms with van der Waals surface area (Å²) in [5.74, 6) is -0.131. The van der Waals surface area contributed by atoms with E-state index in [1.807, 2.05) is 24.9 Å². The summed E-state index contributed by atoms with van der Waals surface area (Å²) in [4.78, 5) is 35.6. The molecule has 2 aliphatic rings. The number of benzene rings is 1. The van der Waals surface area contributed by atoms with Crippen molar-refractivity contribution in [2.75, 3.05) is 31.6 Å². The maximum Gasteiger partial charge on any atom is 0.342 e. The highest BCUT2D eigenvalue weighted by Crippen LogP contribution is 2.36. The minimum atomic E-state index is -0.669. The third-order valence-electron chi connectivity index (χ3n) is 6.89. The van der Waals surface area contributed by atoms with E-state index in [4.69, 9.17) is 4.74 Å². The second-order valence-electron chi connectivity index (χ2n) is 9.23. The lowest BCUT2D eigenvalue weighted by atomic mass is 9.95. The molecule has 2 fully saturated rings. The zero-order valence-electron chi connectivity index (χ0n) is 20.0. The van der Waals surface area contributed by atoms with Crippen LogP contribution in [0.5, 0.6) is 0 Å². The highest BCUT2D eigenvalue weighted by Gasteiger charge is 2.49. The van der Waals surface area contributed by atoms with Crippen LogP contribution in [-0.2, 0) is 16.1 Å². The van der Waals surface area contributed by atoms with Gasteiger partial charge in [-0.1, -0.05) is 6.07 Å². The molecular formula is C25H32FN5O3. The summed E-state index contributed by atoms with van der Waals surface area (Å²) < 4.78 is 19.0. The Balaban J connectivity index is 1.27. The van der Waals surface area contributed by atoms with E-state index in [2.05, 4.69) is 20.6 Å². The van der Waals surface area contributed by atoms with Crippen molar-refractivity contribution in [1.29, 1.82) is 0 Å². The molecular weight excluding hydrogens is 437 g/mol. The molecule has 34 heavy (non-hydrogen) atoms. The van der Waals surface area contributed by atoms with Gasteiger partial charge in [0.25, 0.3) is 0 Å². The van der Waals surface area contributed by atoms with E-state index < -0.39 is 17.3 Å². The van der Waals surface area contributed by atoms with Gasteiger partial charge in [0.15, 0.2) is 0 Å². The number of piperidine rings is 1. The molecule has 0 bridgehead atoms. The molecule has 1 aromatic heterocycles. The Labute approximate surface area is 199 Å². The monoisotopic (exact) mass is 469 g/mol. The zero-order valence-corrected chi connectivity index (χ0v) is 20.0. The number of aromatic nitrogens is 2. The third kappa shape index (κ3) is 5.19. The van der Waals surface area contributed by atoms with Crippen molar-refractivity contribution in [3.63, 3.8) is 0 Å². The average molecular weight is 470 g/mol. The number of amides is 1. The lowest BCUT2D eigenvalue weighted by Crippen LogP contribution is -2.48. The minimum Gasteiger partial charge on any atom is -0.465 e. The van der Waals surface area contributed by atoms with Crippen LogP contribution in [0.15, 0.2) is 24.4 Å². The van der Waals surface area contributed by atoms with Crippen molar-refractivity contribution in [2.24, 2.45) is 5.92 Å². The van der Waals surface area contributed by atoms with Gasteiger partial charge in [-0.25, -0.2) is 19.2 Å². The molecule has 8 nitrogen and oxygen atoms in total. The molecule has 0 atom stereocenters. The van der Waals surface area contributed by atoms with E-state index in [0.717, 1.165) is 42.8 Å². The Morgan fingerprint density at radius 1 is 1.24 bits per heavy atom. The van der Waals surface area contributed by atoms with E-state index >= 15 is 0 Å². The van der Waals surface area contributed by atoms with Gasteiger partial charge in [0, 0.05) is 43.6 Å². The summed E-state index contributed by atoms with van der Waals surface area (Å²) in [7, 11) is 1.25.